The second-order valence-electron chi connectivity index (χ2n) is 11.2. The quantitative estimate of drug-likeness (QED) is 0.116. The molecule has 3 aromatic rings. The van der Waals surface area contributed by atoms with Gasteiger partial charge in [-0.25, -0.2) is 0 Å². The molecule has 0 aliphatic carbocycles. The van der Waals surface area contributed by atoms with Crippen molar-refractivity contribution in [1.29, 1.82) is 0 Å². The fourth-order valence-corrected chi connectivity index (χ4v) is 6.33. The van der Waals surface area contributed by atoms with E-state index in [0.717, 1.165) is 36.4 Å². The molecule has 0 radical (unpaired) electrons. The third-order valence-electron chi connectivity index (χ3n) is 6.19. The molecule has 20 heteroatoms. The van der Waals surface area contributed by atoms with Crippen molar-refractivity contribution >= 4 is 21.0 Å². The number of ether oxygens (including phenoxy) is 3. The standard InChI is InChI=1S/C29H25F11O7S2/c1-24(2,3)47-19-8-14-22(15-9-19)48(20-10-4-17(5-11-20)45-16-25(41,28(35,36)37)29(38,39)40)21-12-6-18(7-13-21)46-23(26(30,31)32)27(33,34)49(42,43)44/h4-15,23,41H,16H2,1-3H3/p+1. The summed E-state index contributed by atoms with van der Waals surface area (Å²) in [6.45, 7) is 3.10. The Balaban J connectivity index is 2.01. The van der Waals surface area contributed by atoms with E-state index in [-0.39, 0.29) is 4.90 Å². The maximum Gasteiger partial charge on any atom is 0.432 e. The first-order chi connectivity index (χ1) is 22.1. The van der Waals surface area contributed by atoms with Crippen LogP contribution in [-0.2, 0) is 21.0 Å². The molecule has 0 fully saturated rings. The molecule has 0 saturated heterocycles. The lowest BCUT2D eigenvalue weighted by Gasteiger charge is -2.31. The van der Waals surface area contributed by atoms with Crippen molar-refractivity contribution in [2.24, 2.45) is 0 Å². The molecule has 272 valence electrons. The van der Waals surface area contributed by atoms with Crippen LogP contribution in [0.15, 0.2) is 87.5 Å². The summed E-state index contributed by atoms with van der Waals surface area (Å²) in [5.74, 6) is -0.959. The summed E-state index contributed by atoms with van der Waals surface area (Å²) in [6, 6.07) is 14.7. The number of rotatable bonds is 11. The fraction of sp³-hybridized carbons (Fsp3) is 0.379. The van der Waals surface area contributed by atoms with Gasteiger partial charge in [0.25, 0.3) is 11.7 Å². The molecule has 0 aliphatic rings. The normalized spacial score (nSPS) is 15.0. The van der Waals surface area contributed by atoms with Crippen LogP contribution in [0.4, 0.5) is 48.3 Å². The van der Waals surface area contributed by atoms with Gasteiger partial charge in [-0.15, -0.1) is 0 Å². The van der Waals surface area contributed by atoms with Crippen LogP contribution in [0.5, 0.6) is 17.2 Å². The van der Waals surface area contributed by atoms with Gasteiger partial charge in [-0.1, -0.05) is 0 Å². The summed E-state index contributed by atoms with van der Waals surface area (Å²) in [5.41, 5.74) is -5.78. The van der Waals surface area contributed by atoms with E-state index in [1.807, 2.05) is 0 Å². The summed E-state index contributed by atoms with van der Waals surface area (Å²) in [4.78, 5) is 1.07. The van der Waals surface area contributed by atoms with Crippen LogP contribution in [0.3, 0.4) is 0 Å². The van der Waals surface area contributed by atoms with E-state index in [2.05, 4.69) is 9.47 Å². The average Bonchev–Trinajstić information content (AvgIpc) is 2.93. The SMILES string of the molecule is CC(C)(C)Oc1ccc([S+](c2ccc(OCC(O)(C(F)(F)F)C(F)(F)F)cc2)c2ccc(OC(C(F)(F)F)C(F)(F)S(=O)(=O)O)cc2)cc1. The highest BCUT2D eigenvalue weighted by atomic mass is 32.2. The lowest BCUT2D eigenvalue weighted by molar-refractivity contribution is -0.373. The molecular formula is C29H26F11O7S2+. The molecule has 49 heavy (non-hydrogen) atoms. The van der Waals surface area contributed by atoms with Crippen molar-refractivity contribution in [2.75, 3.05) is 6.61 Å². The predicted octanol–water partition coefficient (Wildman–Crippen LogP) is 7.98. The van der Waals surface area contributed by atoms with E-state index in [1.165, 1.54) is 12.1 Å². The average molecular weight is 760 g/mol. The summed E-state index contributed by atoms with van der Waals surface area (Å²) in [5, 5.41) is 3.56. The molecule has 0 heterocycles. The Morgan fingerprint density at radius 2 is 1.02 bits per heavy atom. The van der Waals surface area contributed by atoms with E-state index in [1.54, 1.807) is 45.0 Å². The first-order valence-electron chi connectivity index (χ1n) is 13.4. The van der Waals surface area contributed by atoms with Crippen LogP contribution >= 0.6 is 0 Å². The number of hydrogen-bond donors (Lipinski definition) is 2. The summed E-state index contributed by atoms with van der Waals surface area (Å²) >= 11 is 0. The molecule has 0 spiro atoms. The minimum absolute atomic E-state index is 0.263. The van der Waals surface area contributed by atoms with E-state index in [4.69, 9.17) is 9.29 Å². The molecule has 2 N–H and O–H groups in total. The van der Waals surface area contributed by atoms with E-state index >= 15 is 0 Å². The molecule has 0 amide bonds. The van der Waals surface area contributed by atoms with Gasteiger partial charge in [0.15, 0.2) is 14.7 Å². The lowest BCUT2D eigenvalue weighted by Crippen LogP contribution is -2.60. The van der Waals surface area contributed by atoms with Crippen LogP contribution in [0, 0.1) is 0 Å². The van der Waals surface area contributed by atoms with Crippen molar-refractivity contribution in [3.05, 3.63) is 72.8 Å². The predicted molar refractivity (Wildman–Crippen MR) is 151 cm³/mol. The topological polar surface area (TPSA) is 102 Å². The van der Waals surface area contributed by atoms with Gasteiger partial charge in [-0.2, -0.15) is 56.7 Å². The highest BCUT2D eigenvalue weighted by Crippen LogP contribution is 2.44. The van der Waals surface area contributed by atoms with Crippen molar-refractivity contribution in [2.45, 2.75) is 76.5 Å². The fourth-order valence-electron chi connectivity index (χ4n) is 3.84. The number of benzene rings is 3. The monoisotopic (exact) mass is 759 g/mol. The highest BCUT2D eigenvalue weighted by molar-refractivity contribution is 7.97. The maximum atomic E-state index is 14.0. The second-order valence-corrected chi connectivity index (χ2v) is 14.7. The van der Waals surface area contributed by atoms with Crippen LogP contribution in [-0.4, -0.2) is 65.8 Å². The summed E-state index contributed by atoms with van der Waals surface area (Å²) < 4.78 is 192. The van der Waals surface area contributed by atoms with Crippen LogP contribution in [0.25, 0.3) is 0 Å². The van der Waals surface area contributed by atoms with Crippen LogP contribution < -0.4 is 14.2 Å². The number of hydrogen-bond acceptors (Lipinski definition) is 6. The third kappa shape index (κ3) is 9.40. The van der Waals surface area contributed by atoms with Crippen LogP contribution in [0.2, 0.25) is 0 Å². The summed E-state index contributed by atoms with van der Waals surface area (Å²) in [7, 11) is -7.82. The van der Waals surface area contributed by atoms with E-state index in [9.17, 15) is 61.8 Å². The Hall–Kier alpha value is -3.49. The molecule has 0 aromatic heterocycles. The molecular weight excluding hydrogens is 733 g/mol. The van der Waals surface area contributed by atoms with Gasteiger partial charge < -0.3 is 19.3 Å². The number of alkyl halides is 11. The van der Waals surface area contributed by atoms with Gasteiger partial charge in [0.1, 0.15) is 29.5 Å². The second kappa shape index (κ2) is 13.7. The lowest BCUT2D eigenvalue weighted by atomic mass is 10.0. The Bertz CT molecular complexity index is 1650. The molecule has 3 rings (SSSR count). The zero-order chi connectivity index (χ0) is 37.4. The van der Waals surface area contributed by atoms with Gasteiger partial charge in [-0.3, -0.25) is 4.55 Å². The molecule has 7 nitrogen and oxygen atoms in total. The first kappa shape index (κ1) is 39.9. The van der Waals surface area contributed by atoms with Crippen molar-refractivity contribution in [3.8, 4) is 17.2 Å². The van der Waals surface area contributed by atoms with Gasteiger partial charge in [0.05, 0.1) is 10.9 Å². The van der Waals surface area contributed by atoms with Crippen molar-refractivity contribution in [3.63, 3.8) is 0 Å². The molecule has 2 atom stereocenters. The Kier molecular flexibility index (Phi) is 11.1. The highest BCUT2D eigenvalue weighted by Gasteiger charge is 2.71. The molecule has 0 aliphatic heterocycles. The minimum Gasteiger partial charge on any atom is -0.490 e. The summed E-state index contributed by atoms with van der Waals surface area (Å²) in [6.07, 6.45) is -22.5. The van der Waals surface area contributed by atoms with Gasteiger partial charge in [-0.05, 0) is 93.6 Å². The van der Waals surface area contributed by atoms with E-state index < -0.39 is 80.2 Å². The van der Waals surface area contributed by atoms with Gasteiger partial charge in [0.2, 0.25) is 0 Å². The van der Waals surface area contributed by atoms with Crippen molar-refractivity contribution in [1.82, 2.24) is 0 Å². The minimum atomic E-state index is -6.57. The molecule has 0 saturated carbocycles. The van der Waals surface area contributed by atoms with Crippen molar-refractivity contribution < 1.29 is 80.6 Å². The molecule has 2 unspecified atom stereocenters. The zero-order valence-electron chi connectivity index (χ0n) is 25.1. The third-order valence-corrected chi connectivity index (χ3v) is 9.32. The molecule has 0 bridgehead atoms. The Morgan fingerprint density at radius 1 is 0.653 bits per heavy atom. The van der Waals surface area contributed by atoms with E-state index in [0.29, 0.717) is 15.5 Å². The largest absolute Gasteiger partial charge is 0.490 e. The van der Waals surface area contributed by atoms with Crippen LogP contribution in [0.1, 0.15) is 20.8 Å². The molecule has 3 aromatic carbocycles. The Morgan fingerprint density at radius 3 is 1.35 bits per heavy atom. The number of halogens is 11. The first-order valence-corrected chi connectivity index (χ1v) is 16.0. The smallest absolute Gasteiger partial charge is 0.432 e. The Labute approximate surface area is 274 Å². The number of aliphatic hydroxyl groups is 1. The maximum absolute atomic E-state index is 14.0. The van der Waals surface area contributed by atoms with Gasteiger partial charge >= 0.3 is 33.9 Å². The zero-order valence-corrected chi connectivity index (χ0v) is 26.8. The van der Waals surface area contributed by atoms with Gasteiger partial charge in [0, 0.05) is 0 Å².